The molecule has 0 bridgehead atoms. The Hall–Kier alpha value is -2.93. The predicted octanol–water partition coefficient (Wildman–Crippen LogP) is 2.70. The smallest absolute Gasteiger partial charge is 0.224 e. The molecular weight excluding hydrogens is 368 g/mol. The van der Waals surface area contributed by atoms with E-state index in [4.69, 9.17) is 9.26 Å². The molecule has 3 heterocycles. The minimum Gasteiger partial charge on any atom is -0.379 e. The van der Waals surface area contributed by atoms with Crippen molar-refractivity contribution in [2.75, 3.05) is 13.2 Å². The number of nitrogens with zero attached hydrogens (tertiary/aromatic N) is 3. The molecular formula is C22H26N4O3. The Bertz CT molecular complexity index is 993. The van der Waals surface area contributed by atoms with Crippen LogP contribution in [0.15, 0.2) is 40.9 Å². The Morgan fingerprint density at radius 2 is 2.00 bits per heavy atom. The lowest BCUT2D eigenvalue weighted by molar-refractivity contribution is -0.121. The molecule has 1 aliphatic rings. The highest BCUT2D eigenvalue weighted by molar-refractivity contribution is 5.79. The van der Waals surface area contributed by atoms with Crippen molar-refractivity contribution in [3.8, 4) is 5.69 Å². The maximum atomic E-state index is 12.8. The van der Waals surface area contributed by atoms with Gasteiger partial charge in [0.15, 0.2) is 0 Å². The second-order valence-electron chi connectivity index (χ2n) is 7.68. The van der Waals surface area contributed by atoms with Crippen LogP contribution in [0.4, 0.5) is 0 Å². The molecule has 152 valence electrons. The first kappa shape index (κ1) is 19.4. The zero-order valence-electron chi connectivity index (χ0n) is 17.0. The van der Waals surface area contributed by atoms with Crippen LogP contribution in [0.2, 0.25) is 0 Å². The van der Waals surface area contributed by atoms with E-state index >= 15 is 0 Å². The Balaban J connectivity index is 1.42. The fraction of sp³-hybridized carbons (Fsp3) is 0.409. The van der Waals surface area contributed by atoms with E-state index in [9.17, 15) is 4.79 Å². The van der Waals surface area contributed by atoms with Crippen molar-refractivity contribution < 1.29 is 14.1 Å². The van der Waals surface area contributed by atoms with E-state index in [0.29, 0.717) is 26.1 Å². The molecule has 0 unspecified atom stereocenters. The molecule has 0 spiro atoms. The number of hydrogen-bond donors (Lipinski definition) is 1. The molecule has 1 N–H and O–H groups in total. The molecule has 29 heavy (non-hydrogen) atoms. The van der Waals surface area contributed by atoms with E-state index in [0.717, 1.165) is 34.1 Å². The number of benzene rings is 1. The van der Waals surface area contributed by atoms with Crippen molar-refractivity contribution >= 4 is 5.91 Å². The minimum absolute atomic E-state index is 0.0157. The van der Waals surface area contributed by atoms with Crippen LogP contribution in [0.25, 0.3) is 5.69 Å². The zero-order chi connectivity index (χ0) is 20.4. The highest BCUT2D eigenvalue weighted by atomic mass is 16.5. The first-order valence-corrected chi connectivity index (χ1v) is 9.91. The monoisotopic (exact) mass is 394 g/mol. The lowest BCUT2D eigenvalue weighted by Crippen LogP contribution is -2.41. The third-order valence-corrected chi connectivity index (χ3v) is 5.46. The normalized spacial score (nSPS) is 18.9. The molecule has 4 rings (SSSR count). The highest BCUT2D eigenvalue weighted by Gasteiger charge is 2.31. The third-order valence-electron chi connectivity index (χ3n) is 5.46. The summed E-state index contributed by atoms with van der Waals surface area (Å²) in [6.07, 6.45) is 1.00. The van der Waals surface area contributed by atoms with Gasteiger partial charge in [0.05, 0.1) is 42.8 Å². The molecule has 0 radical (unpaired) electrons. The van der Waals surface area contributed by atoms with E-state index < -0.39 is 0 Å². The maximum absolute atomic E-state index is 12.8. The van der Waals surface area contributed by atoms with Crippen molar-refractivity contribution in [1.29, 1.82) is 0 Å². The topological polar surface area (TPSA) is 82.2 Å². The Kier molecular flexibility index (Phi) is 5.49. The minimum atomic E-state index is -0.0299. The lowest BCUT2D eigenvalue weighted by atomic mass is 9.97. The molecule has 3 aromatic rings. The summed E-state index contributed by atoms with van der Waals surface area (Å²) in [5.74, 6) is 0.992. The first-order valence-electron chi connectivity index (χ1n) is 9.91. The van der Waals surface area contributed by atoms with Crippen molar-refractivity contribution in [3.05, 3.63) is 64.8 Å². The summed E-state index contributed by atoms with van der Waals surface area (Å²) >= 11 is 0. The van der Waals surface area contributed by atoms with E-state index in [-0.39, 0.29) is 17.9 Å². The Labute approximate surface area is 170 Å². The van der Waals surface area contributed by atoms with E-state index in [1.54, 1.807) is 0 Å². The number of amides is 1. The number of para-hydroxylation sites is 1. The van der Waals surface area contributed by atoms with Crippen LogP contribution in [0.3, 0.4) is 0 Å². The van der Waals surface area contributed by atoms with Crippen molar-refractivity contribution in [2.24, 2.45) is 5.92 Å². The number of aromatic nitrogens is 3. The fourth-order valence-corrected chi connectivity index (χ4v) is 3.90. The van der Waals surface area contributed by atoms with Gasteiger partial charge in [0.2, 0.25) is 5.91 Å². The summed E-state index contributed by atoms with van der Waals surface area (Å²) in [4.78, 5) is 12.8. The van der Waals surface area contributed by atoms with Gasteiger partial charge < -0.3 is 14.6 Å². The molecule has 2 atom stereocenters. The van der Waals surface area contributed by atoms with Gasteiger partial charge in [-0.3, -0.25) is 4.79 Å². The van der Waals surface area contributed by atoms with Gasteiger partial charge in [-0.25, -0.2) is 4.68 Å². The molecule has 1 saturated heterocycles. The summed E-state index contributed by atoms with van der Waals surface area (Å²) in [5.41, 5.74) is 4.68. The molecule has 1 aliphatic heterocycles. The average molecular weight is 394 g/mol. The van der Waals surface area contributed by atoms with Crippen LogP contribution in [0.1, 0.15) is 28.4 Å². The van der Waals surface area contributed by atoms with E-state index in [2.05, 4.69) is 15.6 Å². The van der Waals surface area contributed by atoms with Crippen LogP contribution < -0.4 is 5.32 Å². The zero-order valence-corrected chi connectivity index (χ0v) is 17.0. The molecule has 0 aliphatic carbocycles. The van der Waals surface area contributed by atoms with E-state index in [1.807, 2.05) is 61.9 Å². The first-order chi connectivity index (χ1) is 14.0. The third kappa shape index (κ3) is 4.24. The summed E-state index contributed by atoms with van der Waals surface area (Å²) in [6, 6.07) is 11.9. The largest absolute Gasteiger partial charge is 0.379 e. The summed E-state index contributed by atoms with van der Waals surface area (Å²) < 4.78 is 12.8. The van der Waals surface area contributed by atoms with Crippen LogP contribution in [0, 0.1) is 26.7 Å². The summed E-state index contributed by atoms with van der Waals surface area (Å²) in [5, 5.41) is 11.7. The number of carbonyl (C=O) groups excluding carboxylic acids is 1. The predicted molar refractivity (Wildman–Crippen MR) is 108 cm³/mol. The molecule has 1 fully saturated rings. The Morgan fingerprint density at radius 3 is 2.72 bits per heavy atom. The van der Waals surface area contributed by atoms with Crippen LogP contribution >= 0.6 is 0 Å². The van der Waals surface area contributed by atoms with Crippen LogP contribution in [-0.4, -0.2) is 40.1 Å². The van der Waals surface area contributed by atoms with Crippen LogP contribution in [-0.2, 0) is 22.4 Å². The van der Waals surface area contributed by atoms with Gasteiger partial charge in [-0.1, -0.05) is 23.4 Å². The summed E-state index contributed by atoms with van der Waals surface area (Å²) in [7, 11) is 0. The quantitative estimate of drug-likeness (QED) is 0.695. The average Bonchev–Trinajstić information content (AvgIpc) is 3.39. The molecule has 1 aromatic carbocycles. The standard InChI is InChI=1S/C22H26N4O3/c1-14-9-19(29-25-14)10-17-12-28-13-21(17)23-22(27)11-20-15(2)24-26(16(20)3)18-7-5-4-6-8-18/h4-9,17,21H,10-13H2,1-3H3,(H,23,27)/t17-,21+/m1/s1. The number of rotatable bonds is 6. The van der Waals surface area contributed by atoms with Gasteiger partial charge >= 0.3 is 0 Å². The number of ether oxygens (including phenoxy) is 1. The van der Waals surface area contributed by atoms with Gasteiger partial charge in [-0.15, -0.1) is 0 Å². The molecule has 1 amide bonds. The van der Waals surface area contributed by atoms with Crippen molar-refractivity contribution in [3.63, 3.8) is 0 Å². The molecule has 2 aromatic heterocycles. The van der Waals surface area contributed by atoms with E-state index in [1.165, 1.54) is 0 Å². The SMILES string of the molecule is Cc1cc(C[C@@H]2COC[C@@H]2NC(=O)Cc2c(C)nn(-c3ccccc3)c2C)on1. The van der Waals surface area contributed by atoms with Crippen molar-refractivity contribution in [1.82, 2.24) is 20.3 Å². The van der Waals surface area contributed by atoms with Crippen molar-refractivity contribution in [2.45, 2.75) is 39.7 Å². The maximum Gasteiger partial charge on any atom is 0.224 e. The van der Waals surface area contributed by atoms with Crippen LogP contribution in [0.5, 0.6) is 0 Å². The van der Waals surface area contributed by atoms with Gasteiger partial charge in [0, 0.05) is 29.7 Å². The van der Waals surface area contributed by atoms with Gasteiger partial charge in [-0.2, -0.15) is 5.10 Å². The summed E-state index contributed by atoms with van der Waals surface area (Å²) in [6.45, 7) is 6.98. The Morgan fingerprint density at radius 1 is 1.21 bits per heavy atom. The highest BCUT2D eigenvalue weighted by Crippen LogP contribution is 2.21. The molecule has 7 nitrogen and oxygen atoms in total. The number of hydrogen-bond acceptors (Lipinski definition) is 5. The molecule has 7 heteroatoms. The second kappa shape index (κ2) is 8.21. The number of nitrogens with one attached hydrogen (secondary N) is 1. The van der Waals surface area contributed by atoms with Gasteiger partial charge in [0.1, 0.15) is 5.76 Å². The molecule has 0 saturated carbocycles. The van der Waals surface area contributed by atoms with Gasteiger partial charge in [0.25, 0.3) is 0 Å². The second-order valence-corrected chi connectivity index (χ2v) is 7.68. The van der Waals surface area contributed by atoms with Gasteiger partial charge in [-0.05, 0) is 32.9 Å². The fourth-order valence-electron chi connectivity index (χ4n) is 3.90. The lowest BCUT2D eigenvalue weighted by Gasteiger charge is -2.18. The number of aryl methyl sites for hydroxylation is 2. The number of carbonyl (C=O) groups is 1.